The highest BCUT2D eigenvalue weighted by Crippen LogP contribution is 2.45. The summed E-state index contributed by atoms with van der Waals surface area (Å²) in [5, 5.41) is 0. The van der Waals surface area contributed by atoms with Crippen molar-refractivity contribution < 1.29 is 13.2 Å². The van der Waals surface area contributed by atoms with Gasteiger partial charge in [0.05, 0.1) is 4.75 Å². The highest BCUT2D eigenvalue weighted by molar-refractivity contribution is 7.91. The van der Waals surface area contributed by atoms with Crippen molar-refractivity contribution in [1.82, 2.24) is 4.72 Å². The van der Waals surface area contributed by atoms with Gasteiger partial charge < -0.3 is 5.73 Å². The maximum atomic E-state index is 11.8. The number of nitrogens with two attached hydrogens (primary N) is 1. The summed E-state index contributed by atoms with van der Waals surface area (Å²) in [7, 11) is -3.57. The number of hydrogen-bond acceptors (Lipinski definition) is 4. The van der Waals surface area contributed by atoms with Gasteiger partial charge in [-0.2, -0.15) is 0 Å². The average Bonchev–Trinajstić information content (AvgIpc) is 3.04. The molecule has 0 aromatic rings. The molecule has 2 rings (SSSR count). The summed E-state index contributed by atoms with van der Waals surface area (Å²) in [6.45, 7) is 5.18. The lowest BCUT2D eigenvalue weighted by atomic mass is 10.2. The van der Waals surface area contributed by atoms with Gasteiger partial charge in [-0.15, -0.1) is 6.58 Å². The van der Waals surface area contributed by atoms with E-state index in [1.54, 1.807) is 13.0 Å². The van der Waals surface area contributed by atoms with Crippen LogP contribution in [0.25, 0.3) is 0 Å². The van der Waals surface area contributed by atoms with Gasteiger partial charge in [0.25, 0.3) is 5.91 Å². The molecular formula is C10H16N2O3S. The number of hydrogen-bond donors (Lipinski definition) is 2. The number of carbonyl (C=O) groups is 1. The Labute approximate surface area is 95.1 Å². The molecule has 6 heteroatoms. The van der Waals surface area contributed by atoms with Gasteiger partial charge in [-0.3, -0.25) is 9.52 Å². The van der Waals surface area contributed by atoms with Gasteiger partial charge in [0.2, 0.25) is 10.0 Å². The van der Waals surface area contributed by atoms with E-state index in [0.29, 0.717) is 19.3 Å². The fourth-order valence-corrected chi connectivity index (χ4v) is 2.96. The summed E-state index contributed by atoms with van der Waals surface area (Å²) < 4.78 is 24.9. The Morgan fingerprint density at radius 1 is 1.56 bits per heavy atom. The average molecular weight is 244 g/mol. The minimum atomic E-state index is -3.57. The van der Waals surface area contributed by atoms with Crippen LogP contribution in [-0.4, -0.2) is 24.6 Å². The molecule has 0 aliphatic heterocycles. The quantitative estimate of drug-likeness (QED) is 0.675. The Bertz CT molecular complexity index is 453. The molecular weight excluding hydrogens is 228 g/mol. The van der Waals surface area contributed by atoms with Crippen LogP contribution in [0.1, 0.15) is 26.2 Å². The molecule has 2 aliphatic rings. The smallest absolute Gasteiger partial charge is 0.254 e. The van der Waals surface area contributed by atoms with Crippen LogP contribution < -0.4 is 10.5 Å². The summed E-state index contributed by atoms with van der Waals surface area (Å²) in [6, 6.07) is 0. The molecule has 0 saturated heterocycles. The van der Waals surface area contributed by atoms with Crippen LogP contribution in [0.3, 0.4) is 0 Å². The Morgan fingerprint density at radius 3 is 2.50 bits per heavy atom. The lowest BCUT2D eigenvalue weighted by molar-refractivity contribution is -0.121. The van der Waals surface area contributed by atoms with E-state index in [1.165, 1.54) is 0 Å². The molecule has 3 N–H and O–H groups in total. The fourth-order valence-electron chi connectivity index (χ4n) is 1.64. The molecule has 16 heavy (non-hydrogen) atoms. The molecule has 1 amide bonds. The van der Waals surface area contributed by atoms with Gasteiger partial charge in [-0.25, -0.2) is 8.42 Å². The highest BCUT2D eigenvalue weighted by Gasteiger charge is 2.58. The van der Waals surface area contributed by atoms with Crippen molar-refractivity contribution in [3.8, 4) is 0 Å². The van der Waals surface area contributed by atoms with Crippen molar-refractivity contribution in [3.05, 3.63) is 12.7 Å². The summed E-state index contributed by atoms with van der Waals surface area (Å²) in [6.07, 6.45) is 3.25. The van der Waals surface area contributed by atoms with Crippen LogP contribution in [0.2, 0.25) is 0 Å². The summed E-state index contributed by atoms with van der Waals surface area (Å²) in [4.78, 5) is 11.7. The molecule has 0 aromatic carbocycles. The van der Waals surface area contributed by atoms with Gasteiger partial charge in [0.1, 0.15) is 5.54 Å². The largest absolute Gasteiger partial charge is 0.317 e. The summed E-state index contributed by atoms with van der Waals surface area (Å²) in [5.41, 5.74) is 4.70. The van der Waals surface area contributed by atoms with E-state index >= 15 is 0 Å². The predicted molar refractivity (Wildman–Crippen MR) is 59.9 cm³/mol. The monoisotopic (exact) mass is 244 g/mol. The first kappa shape index (κ1) is 11.6. The molecule has 5 nitrogen and oxygen atoms in total. The molecule has 2 aliphatic carbocycles. The van der Waals surface area contributed by atoms with Crippen LogP contribution in [0.5, 0.6) is 0 Å². The summed E-state index contributed by atoms with van der Waals surface area (Å²) in [5.74, 6) is -0.722. The van der Waals surface area contributed by atoms with Crippen molar-refractivity contribution in [2.24, 2.45) is 11.7 Å². The third-order valence-corrected chi connectivity index (χ3v) is 5.76. The second-order valence-corrected chi connectivity index (χ2v) is 7.17. The topological polar surface area (TPSA) is 89.3 Å². The van der Waals surface area contributed by atoms with Crippen LogP contribution in [0.4, 0.5) is 0 Å². The fraction of sp³-hybridized carbons (Fsp3) is 0.700. The van der Waals surface area contributed by atoms with Crippen molar-refractivity contribution in [2.75, 3.05) is 0 Å². The van der Waals surface area contributed by atoms with E-state index in [0.717, 1.165) is 0 Å². The second-order valence-electron chi connectivity index (χ2n) is 4.97. The van der Waals surface area contributed by atoms with Gasteiger partial charge in [-0.05, 0) is 26.2 Å². The molecule has 2 unspecified atom stereocenters. The first-order valence-electron chi connectivity index (χ1n) is 5.23. The van der Waals surface area contributed by atoms with Gasteiger partial charge >= 0.3 is 0 Å². The van der Waals surface area contributed by atoms with Crippen LogP contribution >= 0.6 is 0 Å². The number of sulfonamides is 1. The molecule has 2 fully saturated rings. The number of carbonyl (C=O) groups excluding carboxylic acids is 1. The Morgan fingerprint density at radius 2 is 2.12 bits per heavy atom. The van der Waals surface area contributed by atoms with Crippen LogP contribution in [0.15, 0.2) is 12.7 Å². The Balaban J connectivity index is 2.07. The summed E-state index contributed by atoms with van der Waals surface area (Å²) >= 11 is 0. The minimum Gasteiger partial charge on any atom is -0.317 e. The van der Waals surface area contributed by atoms with Gasteiger partial charge in [0, 0.05) is 5.92 Å². The van der Waals surface area contributed by atoms with Gasteiger partial charge in [0.15, 0.2) is 0 Å². The van der Waals surface area contributed by atoms with Crippen molar-refractivity contribution in [2.45, 2.75) is 36.5 Å². The molecule has 0 aromatic heterocycles. The van der Waals surface area contributed by atoms with E-state index < -0.39 is 26.2 Å². The first-order valence-corrected chi connectivity index (χ1v) is 6.72. The molecule has 90 valence electrons. The van der Waals surface area contributed by atoms with E-state index in [4.69, 9.17) is 5.73 Å². The zero-order chi connectivity index (χ0) is 12.2. The normalized spacial score (nSPS) is 35.2. The lowest BCUT2D eigenvalue weighted by Gasteiger charge is -2.15. The zero-order valence-electron chi connectivity index (χ0n) is 9.19. The van der Waals surface area contributed by atoms with Gasteiger partial charge in [-0.1, -0.05) is 6.08 Å². The predicted octanol–water partition coefficient (Wildman–Crippen LogP) is -0.112. The molecule has 0 spiro atoms. The highest BCUT2D eigenvalue weighted by atomic mass is 32.2. The SMILES string of the molecule is C=CC1CC1(N)C(=O)NS(=O)(=O)C1(C)CC1. The second kappa shape index (κ2) is 3.07. The van der Waals surface area contributed by atoms with E-state index in [-0.39, 0.29) is 5.92 Å². The Kier molecular flexibility index (Phi) is 2.23. The van der Waals surface area contributed by atoms with Crippen molar-refractivity contribution in [1.29, 1.82) is 0 Å². The first-order chi connectivity index (χ1) is 7.25. The minimum absolute atomic E-state index is 0.116. The van der Waals surface area contributed by atoms with E-state index in [1.807, 2.05) is 0 Å². The Hall–Kier alpha value is -0.880. The number of rotatable bonds is 4. The maximum absolute atomic E-state index is 11.8. The molecule has 0 radical (unpaired) electrons. The van der Waals surface area contributed by atoms with Crippen LogP contribution in [0, 0.1) is 5.92 Å². The molecule has 0 bridgehead atoms. The van der Waals surface area contributed by atoms with E-state index in [9.17, 15) is 13.2 Å². The lowest BCUT2D eigenvalue weighted by Crippen LogP contribution is -2.49. The maximum Gasteiger partial charge on any atom is 0.254 e. The van der Waals surface area contributed by atoms with Crippen LogP contribution in [-0.2, 0) is 14.8 Å². The van der Waals surface area contributed by atoms with Crippen molar-refractivity contribution in [3.63, 3.8) is 0 Å². The van der Waals surface area contributed by atoms with E-state index in [2.05, 4.69) is 11.3 Å². The van der Waals surface area contributed by atoms with Crippen molar-refractivity contribution >= 4 is 15.9 Å². The molecule has 0 heterocycles. The molecule has 2 atom stereocenters. The molecule has 2 saturated carbocycles. The third-order valence-electron chi connectivity index (χ3n) is 3.60. The number of amides is 1. The standard InChI is InChI=1S/C10H16N2O3S/c1-3-7-6-10(7,11)8(13)12-16(14,15)9(2)4-5-9/h3,7H,1,4-6,11H2,2H3,(H,12,13). The number of nitrogens with one attached hydrogen (secondary N) is 1. The third kappa shape index (κ3) is 1.56. The zero-order valence-corrected chi connectivity index (χ0v) is 10.0.